The molecule has 4 heteroatoms. The number of carbonyl (C=O) groups excluding carboxylic acids is 1. The molecule has 0 saturated carbocycles. The standard InChI is InChI=1S/C21H26ClNO2/c1-14(16-9-11-17(12-10-16)21(3,4)5)23-20(24)15(2)25-19-8-6-7-18(22)13-19/h6-15H,1-5H3,(H,23,24)/t14-,15+/m0/s1. The van der Waals surface area contributed by atoms with Gasteiger partial charge < -0.3 is 10.1 Å². The van der Waals surface area contributed by atoms with Gasteiger partial charge in [0.25, 0.3) is 5.91 Å². The van der Waals surface area contributed by atoms with Crippen LogP contribution in [0.5, 0.6) is 5.75 Å². The molecular formula is C21H26ClNO2. The molecule has 2 rings (SSSR count). The molecule has 0 aliphatic rings. The summed E-state index contributed by atoms with van der Waals surface area (Å²) in [6.07, 6.45) is -0.602. The molecule has 0 spiro atoms. The summed E-state index contributed by atoms with van der Waals surface area (Å²) in [5.41, 5.74) is 2.45. The lowest BCUT2D eigenvalue weighted by molar-refractivity contribution is -0.127. The molecule has 0 bridgehead atoms. The van der Waals surface area contributed by atoms with Crippen LogP contribution in [0.15, 0.2) is 48.5 Å². The van der Waals surface area contributed by atoms with Gasteiger partial charge in [-0.1, -0.05) is 62.7 Å². The van der Waals surface area contributed by atoms with E-state index < -0.39 is 6.10 Å². The summed E-state index contributed by atoms with van der Waals surface area (Å²) >= 11 is 5.94. The second-order valence-electron chi connectivity index (χ2n) is 7.32. The van der Waals surface area contributed by atoms with Gasteiger partial charge in [-0.3, -0.25) is 4.79 Å². The Morgan fingerprint density at radius 2 is 1.72 bits per heavy atom. The van der Waals surface area contributed by atoms with Crippen LogP contribution in [0.1, 0.15) is 51.8 Å². The molecule has 2 atom stereocenters. The predicted molar refractivity (Wildman–Crippen MR) is 103 cm³/mol. The molecule has 1 amide bonds. The number of hydrogen-bond donors (Lipinski definition) is 1. The topological polar surface area (TPSA) is 38.3 Å². The monoisotopic (exact) mass is 359 g/mol. The van der Waals surface area contributed by atoms with Gasteiger partial charge in [-0.15, -0.1) is 0 Å². The van der Waals surface area contributed by atoms with Crippen molar-refractivity contribution in [2.45, 2.75) is 52.2 Å². The Balaban J connectivity index is 1.97. The normalized spacial score (nSPS) is 13.8. The zero-order valence-electron chi connectivity index (χ0n) is 15.5. The molecule has 2 aromatic carbocycles. The number of benzene rings is 2. The molecule has 3 nitrogen and oxygen atoms in total. The van der Waals surface area contributed by atoms with E-state index in [0.717, 1.165) is 5.56 Å². The summed E-state index contributed by atoms with van der Waals surface area (Å²) in [4.78, 5) is 12.4. The fourth-order valence-corrected chi connectivity index (χ4v) is 2.66. The molecule has 0 saturated heterocycles. The minimum atomic E-state index is -0.602. The van der Waals surface area contributed by atoms with Crippen molar-refractivity contribution < 1.29 is 9.53 Å². The van der Waals surface area contributed by atoms with Crippen molar-refractivity contribution in [3.63, 3.8) is 0 Å². The molecule has 25 heavy (non-hydrogen) atoms. The zero-order chi connectivity index (χ0) is 18.6. The van der Waals surface area contributed by atoms with E-state index >= 15 is 0 Å². The Hall–Kier alpha value is -2.00. The number of rotatable bonds is 5. The van der Waals surface area contributed by atoms with Crippen LogP contribution in [0.4, 0.5) is 0 Å². The molecule has 134 valence electrons. The fraction of sp³-hybridized carbons (Fsp3) is 0.381. The molecule has 0 heterocycles. The van der Waals surface area contributed by atoms with E-state index in [2.05, 4.69) is 50.4 Å². The summed E-state index contributed by atoms with van der Waals surface area (Å²) in [6.45, 7) is 10.2. The van der Waals surface area contributed by atoms with Crippen molar-refractivity contribution in [3.05, 3.63) is 64.7 Å². The Morgan fingerprint density at radius 3 is 2.28 bits per heavy atom. The molecule has 2 aromatic rings. The SMILES string of the molecule is C[C@H](NC(=O)[C@@H](C)Oc1cccc(Cl)c1)c1ccc(C(C)(C)C)cc1. The third-order valence-corrected chi connectivity index (χ3v) is 4.35. The molecular weight excluding hydrogens is 334 g/mol. The summed E-state index contributed by atoms with van der Waals surface area (Å²) in [6, 6.07) is 15.3. The molecule has 0 aliphatic carbocycles. The van der Waals surface area contributed by atoms with Gasteiger partial charge in [0.1, 0.15) is 5.75 Å². The lowest BCUT2D eigenvalue weighted by Crippen LogP contribution is -2.37. The van der Waals surface area contributed by atoms with Gasteiger partial charge in [-0.05, 0) is 48.6 Å². The first-order valence-electron chi connectivity index (χ1n) is 8.50. The largest absolute Gasteiger partial charge is 0.481 e. The maximum atomic E-state index is 12.4. The van der Waals surface area contributed by atoms with E-state index in [1.807, 2.05) is 6.92 Å². The van der Waals surface area contributed by atoms with Crippen LogP contribution in [0.25, 0.3) is 0 Å². The van der Waals surface area contributed by atoms with Crippen molar-refractivity contribution in [1.29, 1.82) is 0 Å². The third-order valence-electron chi connectivity index (χ3n) is 4.11. The Morgan fingerprint density at radius 1 is 1.08 bits per heavy atom. The van der Waals surface area contributed by atoms with Crippen LogP contribution < -0.4 is 10.1 Å². The highest BCUT2D eigenvalue weighted by atomic mass is 35.5. The highest BCUT2D eigenvalue weighted by molar-refractivity contribution is 6.30. The highest BCUT2D eigenvalue weighted by Crippen LogP contribution is 2.24. The van der Waals surface area contributed by atoms with E-state index in [1.165, 1.54) is 5.56 Å². The Kier molecular flexibility index (Phi) is 6.12. The summed E-state index contributed by atoms with van der Waals surface area (Å²) in [7, 11) is 0. The lowest BCUT2D eigenvalue weighted by Gasteiger charge is -2.22. The number of carbonyl (C=O) groups is 1. The van der Waals surface area contributed by atoms with Gasteiger partial charge in [-0.25, -0.2) is 0 Å². The predicted octanol–water partition coefficient (Wildman–Crippen LogP) is 5.28. The average molecular weight is 360 g/mol. The van der Waals surface area contributed by atoms with Crippen LogP contribution in [-0.2, 0) is 10.2 Å². The summed E-state index contributed by atoms with van der Waals surface area (Å²) in [5, 5.41) is 3.57. The van der Waals surface area contributed by atoms with Crippen LogP contribution in [0.2, 0.25) is 5.02 Å². The zero-order valence-corrected chi connectivity index (χ0v) is 16.2. The number of hydrogen-bond acceptors (Lipinski definition) is 2. The second kappa shape index (κ2) is 7.92. The van der Waals surface area contributed by atoms with Gasteiger partial charge >= 0.3 is 0 Å². The van der Waals surface area contributed by atoms with Crippen LogP contribution >= 0.6 is 11.6 Å². The summed E-state index contributed by atoms with van der Waals surface area (Å²) < 4.78 is 5.66. The minimum Gasteiger partial charge on any atom is -0.481 e. The van der Waals surface area contributed by atoms with Gasteiger partial charge in [0.2, 0.25) is 0 Å². The number of ether oxygens (including phenoxy) is 1. The highest BCUT2D eigenvalue weighted by Gasteiger charge is 2.19. The Bertz CT molecular complexity index is 719. The smallest absolute Gasteiger partial charge is 0.261 e. The Labute approximate surface area is 155 Å². The minimum absolute atomic E-state index is 0.0908. The van der Waals surface area contributed by atoms with E-state index in [-0.39, 0.29) is 17.4 Å². The summed E-state index contributed by atoms with van der Waals surface area (Å²) in [5.74, 6) is 0.421. The first-order valence-corrected chi connectivity index (χ1v) is 8.87. The van der Waals surface area contributed by atoms with Crippen molar-refractivity contribution in [2.24, 2.45) is 0 Å². The van der Waals surface area contributed by atoms with E-state index in [1.54, 1.807) is 31.2 Å². The molecule has 0 aliphatic heterocycles. The van der Waals surface area contributed by atoms with Crippen LogP contribution in [0, 0.1) is 0 Å². The van der Waals surface area contributed by atoms with Crippen LogP contribution in [-0.4, -0.2) is 12.0 Å². The van der Waals surface area contributed by atoms with E-state index in [4.69, 9.17) is 16.3 Å². The fourth-order valence-electron chi connectivity index (χ4n) is 2.48. The van der Waals surface area contributed by atoms with Crippen LogP contribution in [0.3, 0.4) is 0 Å². The van der Waals surface area contributed by atoms with Crippen molar-refractivity contribution in [3.8, 4) is 5.75 Å². The molecule has 1 N–H and O–H groups in total. The number of nitrogens with one attached hydrogen (secondary N) is 1. The van der Waals surface area contributed by atoms with Gasteiger partial charge in [0.05, 0.1) is 6.04 Å². The number of amides is 1. The first kappa shape index (κ1) is 19.3. The van der Waals surface area contributed by atoms with E-state index in [9.17, 15) is 4.79 Å². The maximum absolute atomic E-state index is 12.4. The van der Waals surface area contributed by atoms with Gasteiger partial charge in [0.15, 0.2) is 6.10 Å². The average Bonchev–Trinajstić information content (AvgIpc) is 2.54. The lowest BCUT2D eigenvalue weighted by atomic mass is 9.86. The van der Waals surface area contributed by atoms with Crippen molar-refractivity contribution >= 4 is 17.5 Å². The van der Waals surface area contributed by atoms with Gasteiger partial charge in [0, 0.05) is 5.02 Å². The maximum Gasteiger partial charge on any atom is 0.261 e. The van der Waals surface area contributed by atoms with Crippen molar-refractivity contribution in [2.75, 3.05) is 0 Å². The second-order valence-corrected chi connectivity index (χ2v) is 7.76. The first-order chi connectivity index (χ1) is 11.7. The molecule has 0 unspecified atom stereocenters. The van der Waals surface area contributed by atoms with Crippen molar-refractivity contribution in [1.82, 2.24) is 5.32 Å². The molecule has 0 aromatic heterocycles. The van der Waals surface area contributed by atoms with E-state index in [0.29, 0.717) is 10.8 Å². The quantitative estimate of drug-likeness (QED) is 0.788. The molecule has 0 radical (unpaired) electrons. The molecule has 0 fully saturated rings. The third kappa shape index (κ3) is 5.50. The van der Waals surface area contributed by atoms with Gasteiger partial charge in [-0.2, -0.15) is 0 Å². The number of halogens is 1.